The molecular formula is C27H31FN2O5. The van der Waals surface area contributed by atoms with Gasteiger partial charge in [0.2, 0.25) is 0 Å². The van der Waals surface area contributed by atoms with Gasteiger partial charge in [0.1, 0.15) is 30.7 Å². The van der Waals surface area contributed by atoms with E-state index >= 15 is 0 Å². The minimum absolute atomic E-state index is 0.0164. The summed E-state index contributed by atoms with van der Waals surface area (Å²) in [4.78, 5) is 38.9. The van der Waals surface area contributed by atoms with Gasteiger partial charge < -0.3 is 24.0 Å². The number of aldehydes is 2. The third-order valence-electron chi connectivity index (χ3n) is 6.49. The van der Waals surface area contributed by atoms with Gasteiger partial charge >= 0.3 is 0 Å². The predicted molar refractivity (Wildman–Crippen MR) is 127 cm³/mol. The number of hydrogen-bond donors (Lipinski definition) is 0. The number of halogens is 1. The molecule has 1 fully saturated rings. The maximum atomic E-state index is 14.6. The van der Waals surface area contributed by atoms with E-state index in [0.29, 0.717) is 35.3 Å². The minimum Gasteiger partial charge on any atom is -0.488 e. The van der Waals surface area contributed by atoms with Gasteiger partial charge in [-0.05, 0) is 50.1 Å². The maximum absolute atomic E-state index is 14.6. The fraction of sp³-hybridized carbons (Fsp3) is 0.444. The van der Waals surface area contributed by atoms with Crippen LogP contribution in [-0.2, 0) is 34.0 Å². The Balaban J connectivity index is 1.46. The Hall–Kier alpha value is -3.10. The summed E-state index contributed by atoms with van der Waals surface area (Å²) in [6.07, 6.45) is 2.22. The van der Waals surface area contributed by atoms with E-state index in [4.69, 9.17) is 9.47 Å². The van der Waals surface area contributed by atoms with Gasteiger partial charge in [-0.1, -0.05) is 12.1 Å². The van der Waals surface area contributed by atoms with Crippen molar-refractivity contribution in [2.75, 3.05) is 13.1 Å². The van der Waals surface area contributed by atoms with E-state index in [1.807, 2.05) is 6.07 Å². The van der Waals surface area contributed by atoms with Crippen molar-refractivity contribution in [1.29, 1.82) is 0 Å². The molecule has 0 aliphatic carbocycles. The lowest BCUT2D eigenvalue weighted by Crippen LogP contribution is -2.44. The second-order valence-corrected chi connectivity index (χ2v) is 9.33. The van der Waals surface area contributed by atoms with Crippen molar-refractivity contribution in [1.82, 2.24) is 9.80 Å². The van der Waals surface area contributed by atoms with E-state index in [0.717, 1.165) is 24.9 Å². The first-order chi connectivity index (χ1) is 16.9. The van der Waals surface area contributed by atoms with E-state index in [1.54, 1.807) is 24.3 Å². The lowest BCUT2D eigenvalue weighted by Gasteiger charge is -2.35. The average Bonchev–Trinajstić information content (AvgIpc) is 3.16. The average molecular weight is 483 g/mol. The van der Waals surface area contributed by atoms with Gasteiger partial charge in [0.25, 0.3) is 5.91 Å². The fourth-order valence-electron chi connectivity index (χ4n) is 4.93. The molecule has 7 nitrogen and oxygen atoms in total. The molecule has 0 saturated carbocycles. The summed E-state index contributed by atoms with van der Waals surface area (Å²) < 4.78 is 26.4. The smallest absolute Gasteiger partial charge is 0.255 e. The molecule has 3 atom stereocenters. The number of carbonyl (C=O) groups is 3. The highest BCUT2D eigenvalue weighted by molar-refractivity contribution is 6.00. The Labute approximate surface area is 204 Å². The van der Waals surface area contributed by atoms with Gasteiger partial charge in [-0.15, -0.1) is 0 Å². The number of rotatable bonds is 10. The van der Waals surface area contributed by atoms with Crippen molar-refractivity contribution in [3.63, 3.8) is 0 Å². The Morgan fingerprint density at radius 3 is 2.66 bits per heavy atom. The van der Waals surface area contributed by atoms with Crippen LogP contribution in [0.3, 0.4) is 0 Å². The van der Waals surface area contributed by atoms with E-state index in [2.05, 4.69) is 18.7 Å². The van der Waals surface area contributed by atoms with E-state index in [-0.39, 0.29) is 49.9 Å². The van der Waals surface area contributed by atoms with Crippen molar-refractivity contribution in [3.8, 4) is 5.75 Å². The molecular weight excluding hydrogens is 451 g/mol. The first-order valence-corrected chi connectivity index (χ1v) is 12.0. The SMILES string of the molecule is CC1CN(Cc2ccc(F)c(COc3cccc4c3CN(C(C=O)CCC=O)C4=O)c2)CC(C)O1. The van der Waals surface area contributed by atoms with Crippen LogP contribution in [0.5, 0.6) is 5.75 Å². The molecule has 186 valence electrons. The Morgan fingerprint density at radius 1 is 1.17 bits per heavy atom. The molecule has 0 bridgehead atoms. The number of benzene rings is 2. The molecule has 2 aliphatic rings. The molecule has 1 amide bonds. The molecule has 3 unspecified atom stereocenters. The third kappa shape index (κ3) is 5.77. The lowest BCUT2D eigenvalue weighted by atomic mass is 10.1. The molecule has 35 heavy (non-hydrogen) atoms. The van der Waals surface area contributed by atoms with Crippen LogP contribution in [0.1, 0.15) is 53.7 Å². The van der Waals surface area contributed by atoms with Crippen LogP contribution in [0.15, 0.2) is 36.4 Å². The summed E-state index contributed by atoms with van der Waals surface area (Å²) >= 11 is 0. The highest BCUT2D eigenvalue weighted by Gasteiger charge is 2.34. The fourth-order valence-corrected chi connectivity index (χ4v) is 4.93. The zero-order chi connectivity index (χ0) is 24.9. The first kappa shape index (κ1) is 25.0. The van der Waals surface area contributed by atoms with Gasteiger partial charge in [-0.2, -0.15) is 0 Å². The molecule has 2 heterocycles. The summed E-state index contributed by atoms with van der Waals surface area (Å²) in [5, 5.41) is 0. The van der Waals surface area contributed by atoms with Crippen LogP contribution in [-0.4, -0.2) is 59.6 Å². The van der Waals surface area contributed by atoms with E-state index < -0.39 is 6.04 Å². The van der Waals surface area contributed by atoms with Crippen LogP contribution in [0, 0.1) is 5.82 Å². The Kier molecular flexibility index (Phi) is 7.93. The highest BCUT2D eigenvalue weighted by atomic mass is 19.1. The van der Waals surface area contributed by atoms with Crippen LogP contribution in [0.25, 0.3) is 0 Å². The summed E-state index contributed by atoms with van der Waals surface area (Å²) in [5.41, 5.74) is 2.57. The zero-order valence-corrected chi connectivity index (χ0v) is 20.1. The summed E-state index contributed by atoms with van der Waals surface area (Å²) in [5.74, 6) is -0.132. The molecule has 2 aromatic carbocycles. The quantitative estimate of drug-likeness (QED) is 0.483. The van der Waals surface area contributed by atoms with Gasteiger partial charge in [-0.25, -0.2) is 4.39 Å². The monoisotopic (exact) mass is 482 g/mol. The van der Waals surface area contributed by atoms with Crippen LogP contribution in [0.4, 0.5) is 4.39 Å². The number of hydrogen-bond acceptors (Lipinski definition) is 6. The molecule has 0 N–H and O–H groups in total. The highest BCUT2D eigenvalue weighted by Crippen LogP contribution is 2.33. The molecule has 0 spiro atoms. The van der Waals surface area contributed by atoms with Crippen LogP contribution >= 0.6 is 0 Å². The number of nitrogens with zero attached hydrogens (tertiary/aromatic N) is 2. The predicted octanol–water partition coefficient (Wildman–Crippen LogP) is 3.52. The van der Waals surface area contributed by atoms with Crippen molar-refractivity contribution in [3.05, 3.63) is 64.5 Å². The Morgan fingerprint density at radius 2 is 1.94 bits per heavy atom. The van der Waals surface area contributed by atoms with Crippen molar-refractivity contribution in [2.45, 2.75) is 64.6 Å². The van der Waals surface area contributed by atoms with Crippen LogP contribution in [0.2, 0.25) is 0 Å². The second-order valence-electron chi connectivity index (χ2n) is 9.33. The van der Waals surface area contributed by atoms with Gasteiger partial charge in [-0.3, -0.25) is 9.69 Å². The molecule has 8 heteroatoms. The number of ether oxygens (including phenoxy) is 2. The van der Waals surface area contributed by atoms with Gasteiger partial charge in [0, 0.05) is 42.7 Å². The number of fused-ring (bicyclic) bond motifs is 1. The summed E-state index contributed by atoms with van der Waals surface area (Å²) in [6.45, 7) is 6.67. The van der Waals surface area contributed by atoms with Gasteiger partial charge in [0.05, 0.1) is 24.8 Å². The van der Waals surface area contributed by atoms with Crippen molar-refractivity contribution >= 4 is 18.5 Å². The zero-order valence-electron chi connectivity index (χ0n) is 20.1. The van der Waals surface area contributed by atoms with E-state index in [1.165, 1.54) is 11.0 Å². The Bertz CT molecular complexity index is 1080. The molecule has 4 rings (SSSR count). The molecule has 2 aromatic rings. The normalized spacial score (nSPS) is 21.0. The second kappa shape index (κ2) is 11.1. The molecule has 2 aliphatic heterocycles. The third-order valence-corrected chi connectivity index (χ3v) is 6.49. The molecule has 0 aromatic heterocycles. The molecule has 1 saturated heterocycles. The lowest BCUT2D eigenvalue weighted by molar-refractivity contribution is -0.112. The van der Waals surface area contributed by atoms with Crippen molar-refractivity contribution in [2.24, 2.45) is 0 Å². The topological polar surface area (TPSA) is 76.2 Å². The standard InChI is InChI=1S/C27H31FN2O5/c1-18-12-29(13-19(2)35-18)14-20-8-9-25(28)21(11-20)17-34-26-7-3-6-23-24(26)15-30(27(23)33)22(16-32)5-4-10-31/h3,6-11,16,18-19,22H,4-5,12-15,17H2,1-2H3. The summed E-state index contributed by atoms with van der Waals surface area (Å²) in [7, 11) is 0. The first-order valence-electron chi connectivity index (χ1n) is 12.0. The van der Waals surface area contributed by atoms with Crippen molar-refractivity contribution < 1.29 is 28.2 Å². The van der Waals surface area contributed by atoms with Crippen LogP contribution < -0.4 is 4.74 Å². The number of morpholine rings is 1. The largest absolute Gasteiger partial charge is 0.488 e. The maximum Gasteiger partial charge on any atom is 0.255 e. The van der Waals surface area contributed by atoms with E-state index in [9.17, 15) is 18.8 Å². The number of amides is 1. The number of carbonyl (C=O) groups excluding carboxylic acids is 3. The summed E-state index contributed by atoms with van der Waals surface area (Å²) in [6, 6.07) is 9.55. The minimum atomic E-state index is -0.673. The van der Waals surface area contributed by atoms with Gasteiger partial charge in [0.15, 0.2) is 0 Å². The molecule has 0 radical (unpaired) electrons.